The van der Waals surface area contributed by atoms with Crippen LogP contribution in [0.4, 0.5) is 5.69 Å². The van der Waals surface area contributed by atoms with Gasteiger partial charge in [-0.2, -0.15) is 0 Å². The van der Waals surface area contributed by atoms with Gasteiger partial charge in [-0.3, -0.25) is 4.57 Å². The maximum absolute atomic E-state index is 5.89. The molecule has 3 aromatic rings. The second-order valence-corrected chi connectivity index (χ2v) is 6.52. The molecular formula is C17H18BrN3. The highest BCUT2D eigenvalue weighted by Crippen LogP contribution is 2.31. The lowest BCUT2D eigenvalue weighted by Crippen LogP contribution is -2.04. The van der Waals surface area contributed by atoms with Gasteiger partial charge in [0, 0.05) is 16.1 Å². The van der Waals surface area contributed by atoms with E-state index in [-0.39, 0.29) is 0 Å². The maximum atomic E-state index is 5.89. The highest BCUT2D eigenvalue weighted by molar-refractivity contribution is 9.10. The Kier molecular flexibility index (Phi) is 3.49. The summed E-state index contributed by atoms with van der Waals surface area (Å²) in [5.41, 5.74) is 11.0. The molecule has 3 rings (SSSR count). The summed E-state index contributed by atoms with van der Waals surface area (Å²) in [6.07, 6.45) is 0. The summed E-state index contributed by atoms with van der Waals surface area (Å²) in [7, 11) is 0. The number of nitrogens with zero attached hydrogens (tertiary/aromatic N) is 2. The molecule has 0 saturated carbocycles. The van der Waals surface area contributed by atoms with Gasteiger partial charge >= 0.3 is 0 Å². The number of anilines is 1. The molecule has 0 aliphatic rings. The molecule has 108 valence electrons. The lowest BCUT2D eigenvalue weighted by molar-refractivity contribution is 0.759. The van der Waals surface area contributed by atoms with Crippen LogP contribution in [0.25, 0.3) is 16.7 Å². The van der Waals surface area contributed by atoms with E-state index in [2.05, 4.69) is 59.5 Å². The summed E-state index contributed by atoms with van der Waals surface area (Å²) in [6.45, 7) is 6.40. The van der Waals surface area contributed by atoms with Crippen molar-refractivity contribution < 1.29 is 0 Å². The molecule has 4 heteroatoms. The zero-order valence-corrected chi connectivity index (χ0v) is 14.0. The summed E-state index contributed by atoms with van der Waals surface area (Å²) >= 11 is 3.68. The van der Waals surface area contributed by atoms with Crippen LogP contribution in [-0.4, -0.2) is 9.55 Å². The van der Waals surface area contributed by atoms with Crippen molar-refractivity contribution in [1.82, 2.24) is 9.55 Å². The molecule has 2 aromatic carbocycles. The largest absolute Gasteiger partial charge is 0.399 e. The predicted octanol–water partition coefficient (Wildman–Crippen LogP) is 4.80. The maximum Gasteiger partial charge on any atom is 0.117 e. The minimum atomic E-state index is 0.326. The number of nitrogen functional groups attached to an aromatic ring is 1. The first-order valence-corrected chi connectivity index (χ1v) is 7.81. The lowest BCUT2D eigenvalue weighted by atomic mass is 10.2. The molecule has 0 atom stereocenters. The molecule has 0 saturated heterocycles. The number of nitrogens with two attached hydrogens (primary N) is 1. The Morgan fingerprint density at radius 2 is 1.90 bits per heavy atom. The molecule has 3 nitrogen and oxygen atoms in total. The van der Waals surface area contributed by atoms with Crippen LogP contribution < -0.4 is 5.73 Å². The van der Waals surface area contributed by atoms with Gasteiger partial charge in [0.1, 0.15) is 5.82 Å². The zero-order chi connectivity index (χ0) is 15.1. The standard InChI is InChI=1S/C17H18BrN3/c1-10(2)17-20-14-9-12(19)5-7-16(14)21(17)15-6-4-11(3)8-13(15)18/h4-10H,19H2,1-3H3. The number of benzene rings is 2. The van der Waals surface area contributed by atoms with E-state index in [1.165, 1.54) is 5.56 Å². The van der Waals surface area contributed by atoms with Gasteiger partial charge in [0.15, 0.2) is 0 Å². The first-order chi connectivity index (χ1) is 9.97. The van der Waals surface area contributed by atoms with Crippen LogP contribution >= 0.6 is 15.9 Å². The van der Waals surface area contributed by atoms with Gasteiger partial charge in [-0.1, -0.05) is 19.9 Å². The molecule has 0 spiro atoms. The fraction of sp³-hybridized carbons (Fsp3) is 0.235. The van der Waals surface area contributed by atoms with Gasteiger partial charge < -0.3 is 5.73 Å². The van der Waals surface area contributed by atoms with Crippen molar-refractivity contribution in [2.24, 2.45) is 0 Å². The zero-order valence-electron chi connectivity index (χ0n) is 12.4. The van der Waals surface area contributed by atoms with E-state index in [1.54, 1.807) is 0 Å². The number of hydrogen-bond donors (Lipinski definition) is 1. The number of imidazole rings is 1. The van der Waals surface area contributed by atoms with E-state index in [1.807, 2.05) is 18.2 Å². The molecule has 0 aliphatic carbocycles. The van der Waals surface area contributed by atoms with Crippen LogP contribution in [0.3, 0.4) is 0 Å². The third-order valence-electron chi connectivity index (χ3n) is 3.56. The third-order valence-corrected chi connectivity index (χ3v) is 4.20. The van der Waals surface area contributed by atoms with Crippen molar-refractivity contribution in [1.29, 1.82) is 0 Å². The van der Waals surface area contributed by atoms with Crippen molar-refractivity contribution in [2.75, 3.05) is 5.73 Å². The quantitative estimate of drug-likeness (QED) is 0.679. The summed E-state index contributed by atoms with van der Waals surface area (Å²) in [5.74, 6) is 1.37. The smallest absolute Gasteiger partial charge is 0.117 e. The van der Waals surface area contributed by atoms with E-state index in [4.69, 9.17) is 10.7 Å². The Morgan fingerprint density at radius 1 is 1.14 bits per heavy atom. The monoisotopic (exact) mass is 343 g/mol. The highest BCUT2D eigenvalue weighted by Gasteiger charge is 2.17. The first-order valence-electron chi connectivity index (χ1n) is 7.02. The fourth-order valence-electron chi connectivity index (χ4n) is 2.55. The molecule has 0 aliphatic heterocycles. The number of aryl methyl sites for hydroxylation is 1. The number of fused-ring (bicyclic) bond motifs is 1. The molecule has 1 heterocycles. The normalized spacial score (nSPS) is 11.5. The van der Waals surface area contributed by atoms with Crippen LogP contribution in [0.2, 0.25) is 0 Å². The molecule has 0 radical (unpaired) electrons. The Balaban J connectivity index is 2.36. The topological polar surface area (TPSA) is 43.8 Å². The van der Waals surface area contributed by atoms with Crippen molar-refractivity contribution >= 4 is 32.7 Å². The van der Waals surface area contributed by atoms with E-state index in [0.717, 1.165) is 32.7 Å². The Labute approximate surface area is 132 Å². The molecular weight excluding hydrogens is 326 g/mol. The second-order valence-electron chi connectivity index (χ2n) is 5.66. The highest BCUT2D eigenvalue weighted by atomic mass is 79.9. The van der Waals surface area contributed by atoms with Crippen LogP contribution in [0, 0.1) is 6.92 Å². The fourth-order valence-corrected chi connectivity index (χ4v) is 3.22. The SMILES string of the molecule is Cc1ccc(-n2c(C(C)C)nc3cc(N)ccc32)c(Br)c1. The van der Waals surface area contributed by atoms with Crippen molar-refractivity contribution in [2.45, 2.75) is 26.7 Å². The van der Waals surface area contributed by atoms with E-state index in [0.29, 0.717) is 5.92 Å². The Bertz CT molecular complexity index is 818. The minimum Gasteiger partial charge on any atom is -0.399 e. The van der Waals surface area contributed by atoms with Crippen molar-refractivity contribution in [3.8, 4) is 5.69 Å². The third kappa shape index (κ3) is 2.44. The van der Waals surface area contributed by atoms with Gasteiger partial charge in [-0.25, -0.2) is 4.98 Å². The Hall–Kier alpha value is -1.81. The van der Waals surface area contributed by atoms with E-state index in [9.17, 15) is 0 Å². The van der Waals surface area contributed by atoms with Gasteiger partial charge in [-0.05, 0) is 58.7 Å². The molecule has 21 heavy (non-hydrogen) atoms. The first kappa shape index (κ1) is 14.1. The second kappa shape index (κ2) is 5.19. The van der Waals surface area contributed by atoms with E-state index < -0.39 is 0 Å². The number of hydrogen-bond acceptors (Lipinski definition) is 2. The summed E-state index contributed by atoms with van der Waals surface area (Å²) < 4.78 is 3.28. The van der Waals surface area contributed by atoms with Crippen molar-refractivity contribution in [3.05, 3.63) is 52.3 Å². The van der Waals surface area contributed by atoms with Crippen molar-refractivity contribution in [3.63, 3.8) is 0 Å². The summed E-state index contributed by atoms with van der Waals surface area (Å²) in [4.78, 5) is 4.78. The molecule has 1 aromatic heterocycles. The average molecular weight is 344 g/mol. The molecule has 0 fully saturated rings. The van der Waals surface area contributed by atoms with E-state index >= 15 is 0 Å². The summed E-state index contributed by atoms with van der Waals surface area (Å²) in [6, 6.07) is 12.3. The van der Waals surface area contributed by atoms with Gasteiger partial charge in [0.05, 0.1) is 16.7 Å². The summed E-state index contributed by atoms with van der Waals surface area (Å²) in [5, 5.41) is 0. The van der Waals surface area contributed by atoms with Crippen LogP contribution in [0.5, 0.6) is 0 Å². The van der Waals surface area contributed by atoms with Gasteiger partial charge in [0.2, 0.25) is 0 Å². The predicted molar refractivity (Wildman–Crippen MR) is 92.0 cm³/mol. The van der Waals surface area contributed by atoms with Gasteiger partial charge in [0.25, 0.3) is 0 Å². The van der Waals surface area contributed by atoms with Crippen LogP contribution in [-0.2, 0) is 0 Å². The molecule has 0 bridgehead atoms. The molecule has 0 unspecified atom stereocenters. The average Bonchev–Trinajstić information content (AvgIpc) is 2.77. The number of rotatable bonds is 2. The number of aromatic nitrogens is 2. The molecule has 0 amide bonds. The van der Waals surface area contributed by atoms with Crippen LogP contribution in [0.15, 0.2) is 40.9 Å². The number of halogens is 1. The molecule has 2 N–H and O–H groups in total. The minimum absolute atomic E-state index is 0.326. The Morgan fingerprint density at radius 3 is 2.57 bits per heavy atom. The lowest BCUT2D eigenvalue weighted by Gasteiger charge is -2.13. The van der Waals surface area contributed by atoms with Crippen LogP contribution in [0.1, 0.15) is 31.2 Å². The van der Waals surface area contributed by atoms with Gasteiger partial charge in [-0.15, -0.1) is 0 Å².